The minimum Gasteiger partial charge on any atom is -0.506 e. The number of aromatic hydroxyl groups is 1. The van der Waals surface area contributed by atoms with E-state index < -0.39 is 0 Å². The van der Waals surface area contributed by atoms with E-state index in [0.717, 1.165) is 11.4 Å². The lowest BCUT2D eigenvalue weighted by Gasteiger charge is -2.21. The third kappa shape index (κ3) is 3.53. The van der Waals surface area contributed by atoms with Gasteiger partial charge in [0.1, 0.15) is 5.75 Å². The average molecular weight is 498 g/mol. The van der Waals surface area contributed by atoms with Crippen molar-refractivity contribution in [1.82, 2.24) is 0 Å². The van der Waals surface area contributed by atoms with Gasteiger partial charge in [-0.15, -0.1) is 0 Å². The molecule has 0 heterocycles. The van der Waals surface area contributed by atoms with Crippen molar-refractivity contribution < 1.29 is 9.90 Å². The Hall–Kier alpha value is -2.70. The molecular weight excluding hydrogens is 484 g/mol. The molecule has 138 valence electrons. The van der Waals surface area contributed by atoms with E-state index in [0.29, 0.717) is 31.5 Å². The fourth-order valence-electron chi connectivity index (χ4n) is 2.99. The van der Waals surface area contributed by atoms with Crippen molar-refractivity contribution in [2.24, 2.45) is 4.99 Å². The zero-order valence-corrected chi connectivity index (χ0v) is 17.7. The molecule has 0 spiro atoms. The second-order valence-electron chi connectivity index (χ2n) is 6.15. The van der Waals surface area contributed by atoms with Gasteiger partial charge >= 0.3 is 0 Å². The zero-order valence-electron chi connectivity index (χ0n) is 14.5. The molecule has 0 fully saturated rings. The summed E-state index contributed by atoms with van der Waals surface area (Å²) in [6.07, 6.45) is 1.67. The molecule has 0 aromatic heterocycles. The molecule has 0 aliphatic heterocycles. The number of benzene rings is 3. The van der Waals surface area contributed by atoms with E-state index in [1.165, 1.54) is 0 Å². The van der Waals surface area contributed by atoms with Crippen molar-refractivity contribution in [3.05, 3.63) is 98.6 Å². The standard InChI is InChI=1S/C22H14Br2N2O2/c23-15-11-16(24)21(27)20-17(25-13-7-3-1-4-8-13)12-18(22(28)19(15)20)26-14-9-5-2-6-10-14/h1-12,26-27H. The Balaban J connectivity index is 1.91. The van der Waals surface area contributed by atoms with Gasteiger partial charge in [0.25, 0.3) is 0 Å². The molecule has 0 unspecified atom stereocenters. The van der Waals surface area contributed by atoms with E-state index in [2.05, 4.69) is 42.2 Å². The summed E-state index contributed by atoms with van der Waals surface area (Å²) >= 11 is 6.81. The van der Waals surface area contributed by atoms with Gasteiger partial charge in [-0.2, -0.15) is 0 Å². The predicted molar refractivity (Wildman–Crippen MR) is 119 cm³/mol. The van der Waals surface area contributed by atoms with Gasteiger partial charge in [0.2, 0.25) is 5.78 Å². The van der Waals surface area contributed by atoms with E-state index in [1.54, 1.807) is 12.1 Å². The number of hydrogen-bond donors (Lipinski definition) is 2. The summed E-state index contributed by atoms with van der Waals surface area (Å²) in [7, 11) is 0. The average Bonchev–Trinajstić information content (AvgIpc) is 2.70. The van der Waals surface area contributed by atoms with Crippen molar-refractivity contribution in [3.8, 4) is 5.75 Å². The molecule has 28 heavy (non-hydrogen) atoms. The molecule has 2 N–H and O–H groups in total. The van der Waals surface area contributed by atoms with Gasteiger partial charge in [-0.1, -0.05) is 36.4 Å². The summed E-state index contributed by atoms with van der Waals surface area (Å²) in [5.74, 6) is -0.239. The lowest BCUT2D eigenvalue weighted by Crippen LogP contribution is -2.23. The number of Topliss-reactive ketones (excluding diaryl/α,β-unsaturated/α-hetero) is 1. The van der Waals surface area contributed by atoms with E-state index in [1.807, 2.05) is 60.7 Å². The number of ketones is 1. The number of phenols is 1. The molecule has 4 rings (SSSR count). The van der Waals surface area contributed by atoms with Crippen LogP contribution in [0.4, 0.5) is 11.4 Å². The summed E-state index contributed by atoms with van der Waals surface area (Å²) < 4.78 is 1.07. The fraction of sp³-hybridized carbons (Fsp3) is 0. The third-order valence-electron chi connectivity index (χ3n) is 4.27. The Morgan fingerprint density at radius 2 is 1.50 bits per heavy atom. The van der Waals surface area contributed by atoms with E-state index in [4.69, 9.17) is 0 Å². The van der Waals surface area contributed by atoms with Crippen LogP contribution in [0.2, 0.25) is 0 Å². The highest BCUT2D eigenvalue weighted by Crippen LogP contribution is 2.40. The Morgan fingerprint density at radius 1 is 0.857 bits per heavy atom. The molecule has 0 amide bonds. The number of allylic oxidation sites excluding steroid dienone is 2. The summed E-state index contributed by atoms with van der Waals surface area (Å²) in [4.78, 5) is 17.8. The van der Waals surface area contributed by atoms with Crippen molar-refractivity contribution in [2.75, 3.05) is 5.32 Å². The second kappa shape index (κ2) is 7.73. The topological polar surface area (TPSA) is 61.7 Å². The molecule has 4 nitrogen and oxygen atoms in total. The highest BCUT2D eigenvalue weighted by Gasteiger charge is 2.30. The number of carbonyl (C=O) groups excluding carboxylic acids is 1. The van der Waals surface area contributed by atoms with E-state index in [-0.39, 0.29) is 11.5 Å². The number of para-hydroxylation sites is 2. The SMILES string of the molecule is O=C1C(Nc2ccccc2)=CC(=Nc2ccccc2)c2c(O)c(Br)cc(Br)c21. The number of phenolic OH excluding ortho intramolecular Hbond substituents is 1. The summed E-state index contributed by atoms with van der Waals surface area (Å²) in [5.41, 5.74) is 3.17. The van der Waals surface area contributed by atoms with Crippen LogP contribution >= 0.6 is 31.9 Å². The van der Waals surface area contributed by atoms with Crippen LogP contribution in [0.3, 0.4) is 0 Å². The Bertz CT molecular complexity index is 1120. The highest BCUT2D eigenvalue weighted by atomic mass is 79.9. The van der Waals surface area contributed by atoms with Crippen LogP contribution in [0.25, 0.3) is 0 Å². The monoisotopic (exact) mass is 496 g/mol. The number of nitrogens with one attached hydrogen (secondary N) is 1. The predicted octanol–water partition coefficient (Wildman–Crippen LogP) is 6.23. The van der Waals surface area contributed by atoms with Gasteiger partial charge in [0, 0.05) is 10.2 Å². The first kappa shape index (κ1) is 18.7. The van der Waals surface area contributed by atoms with E-state index in [9.17, 15) is 9.90 Å². The minimum absolute atomic E-state index is 0.0174. The fourth-order valence-corrected chi connectivity index (χ4v) is 4.33. The van der Waals surface area contributed by atoms with Crippen LogP contribution in [0.5, 0.6) is 5.75 Å². The lowest BCUT2D eigenvalue weighted by molar-refractivity contribution is 0.103. The maximum absolute atomic E-state index is 13.2. The first-order valence-electron chi connectivity index (χ1n) is 8.48. The van der Waals surface area contributed by atoms with Crippen molar-refractivity contribution >= 4 is 54.7 Å². The number of anilines is 1. The first-order chi connectivity index (χ1) is 13.5. The molecule has 6 heteroatoms. The normalized spacial score (nSPS) is 14.6. The van der Waals surface area contributed by atoms with Crippen LogP contribution in [0.15, 0.2) is 92.4 Å². The lowest BCUT2D eigenvalue weighted by atomic mass is 9.91. The van der Waals surface area contributed by atoms with Gasteiger partial charge in [0.15, 0.2) is 0 Å². The molecule has 1 aliphatic carbocycles. The number of hydrogen-bond acceptors (Lipinski definition) is 4. The van der Waals surface area contributed by atoms with Gasteiger partial charge in [-0.25, -0.2) is 4.99 Å². The number of nitrogens with zero attached hydrogens (tertiary/aromatic N) is 1. The van der Waals surface area contributed by atoms with Crippen LogP contribution in [-0.4, -0.2) is 16.6 Å². The van der Waals surface area contributed by atoms with Crippen molar-refractivity contribution in [2.45, 2.75) is 0 Å². The van der Waals surface area contributed by atoms with Crippen LogP contribution in [0.1, 0.15) is 15.9 Å². The van der Waals surface area contributed by atoms with Gasteiger partial charge in [0.05, 0.1) is 32.7 Å². The smallest absolute Gasteiger partial charge is 0.211 e. The van der Waals surface area contributed by atoms with Gasteiger partial charge < -0.3 is 10.4 Å². The number of aliphatic imine (C=N–C) groups is 1. The molecule has 0 saturated heterocycles. The Morgan fingerprint density at radius 3 is 2.18 bits per heavy atom. The highest BCUT2D eigenvalue weighted by molar-refractivity contribution is 9.11. The maximum atomic E-state index is 13.2. The molecule has 0 atom stereocenters. The third-order valence-corrected chi connectivity index (χ3v) is 5.50. The number of halogens is 2. The maximum Gasteiger partial charge on any atom is 0.211 e. The van der Waals surface area contributed by atoms with E-state index >= 15 is 0 Å². The Kier molecular flexibility index (Phi) is 5.15. The molecule has 3 aromatic rings. The number of rotatable bonds is 3. The van der Waals surface area contributed by atoms with Gasteiger partial charge in [-0.05, 0) is 68.3 Å². The first-order valence-corrected chi connectivity index (χ1v) is 10.1. The quantitative estimate of drug-likeness (QED) is 0.450. The van der Waals surface area contributed by atoms with Gasteiger partial charge in [-0.3, -0.25) is 4.79 Å². The molecule has 0 radical (unpaired) electrons. The molecule has 3 aromatic carbocycles. The molecular formula is C22H14Br2N2O2. The zero-order chi connectivity index (χ0) is 19.7. The number of carbonyl (C=O) groups is 1. The molecule has 0 bridgehead atoms. The molecule has 0 saturated carbocycles. The number of fused-ring (bicyclic) bond motifs is 1. The van der Waals surface area contributed by atoms with Crippen molar-refractivity contribution in [1.29, 1.82) is 0 Å². The van der Waals surface area contributed by atoms with Crippen LogP contribution < -0.4 is 5.32 Å². The summed E-state index contributed by atoms with van der Waals surface area (Å²) in [5, 5.41) is 13.8. The van der Waals surface area contributed by atoms with Crippen molar-refractivity contribution in [3.63, 3.8) is 0 Å². The summed E-state index contributed by atoms with van der Waals surface area (Å²) in [6, 6.07) is 20.5. The Labute approximate surface area is 178 Å². The van der Waals surface area contributed by atoms with Crippen LogP contribution in [0, 0.1) is 0 Å². The van der Waals surface area contributed by atoms with Crippen LogP contribution in [-0.2, 0) is 0 Å². The largest absolute Gasteiger partial charge is 0.506 e. The molecule has 1 aliphatic rings. The minimum atomic E-state index is -0.222. The summed E-state index contributed by atoms with van der Waals surface area (Å²) in [6.45, 7) is 0. The second-order valence-corrected chi connectivity index (χ2v) is 7.86.